The van der Waals surface area contributed by atoms with Gasteiger partial charge in [-0.2, -0.15) is 0 Å². The van der Waals surface area contributed by atoms with Gasteiger partial charge in [-0.15, -0.1) is 10.2 Å². The number of rotatable bonds is 3. The molecule has 84 valence electrons. The first-order chi connectivity index (χ1) is 7.72. The molecule has 2 aromatic rings. The van der Waals surface area contributed by atoms with Gasteiger partial charge in [-0.25, -0.2) is 0 Å². The molecule has 2 rings (SSSR count). The number of nitrogens with zero attached hydrogens (tertiary/aromatic N) is 2. The average molecular weight is 220 g/mol. The number of nitrogens with one attached hydrogen (secondary N) is 1. The highest BCUT2D eigenvalue weighted by Crippen LogP contribution is 2.17. The molecular weight excluding hydrogens is 208 g/mol. The molecule has 0 bridgehead atoms. The van der Waals surface area contributed by atoms with E-state index < -0.39 is 0 Å². The lowest BCUT2D eigenvalue weighted by Crippen LogP contribution is -2.08. The lowest BCUT2D eigenvalue weighted by molar-refractivity contribution is 0.452. The van der Waals surface area contributed by atoms with Gasteiger partial charge >= 0.3 is 0 Å². The van der Waals surface area contributed by atoms with Crippen LogP contribution >= 0.6 is 0 Å². The van der Waals surface area contributed by atoms with Crippen LogP contribution in [0.15, 0.2) is 27.7 Å². The van der Waals surface area contributed by atoms with Crippen molar-refractivity contribution in [2.45, 2.75) is 19.4 Å². The van der Waals surface area contributed by atoms with Gasteiger partial charge in [0.25, 0.3) is 5.89 Å². The Hall–Kier alpha value is -1.95. The van der Waals surface area contributed by atoms with Crippen LogP contribution in [0.2, 0.25) is 0 Å². The van der Waals surface area contributed by atoms with Gasteiger partial charge in [0.15, 0.2) is 5.43 Å². The van der Waals surface area contributed by atoms with Crippen molar-refractivity contribution in [3.8, 4) is 11.5 Å². The maximum atomic E-state index is 11.5. The second-order valence-electron chi connectivity index (χ2n) is 3.38. The smallest absolute Gasteiger partial charge is 0.253 e. The molecular formula is C10H12N4O2. The number of nitrogens with two attached hydrogens (primary N) is 1. The van der Waals surface area contributed by atoms with Gasteiger partial charge in [-0.05, 0) is 6.42 Å². The van der Waals surface area contributed by atoms with E-state index in [1.54, 1.807) is 6.20 Å². The predicted octanol–water partition coefficient (Wildman–Crippen LogP) is 0.835. The molecule has 3 N–H and O–H groups in total. The summed E-state index contributed by atoms with van der Waals surface area (Å²) in [6.07, 6.45) is 3.77. The average Bonchev–Trinajstić information content (AvgIpc) is 2.78. The van der Waals surface area contributed by atoms with Gasteiger partial charge < -0.3 is 15.1 Å². The molecule has 6 nitrogen and oxygen atoms in total. The Morgan fingerprint density at radius 3 is 3.06 bits per heavy atom. The van der Waals surface area contributed by atoms with E-state index in [0.717, 1.165) is 0 Å². The maximum absolute atomic E-state index is 11.5. The summed E-state index contributed by atoms with van der Waals surface area (Å²) in [7, 11) is 0. The summed E-state index contributed by atoms with van der Waals surface area (Å²) in [6.45, 7) is 1.92. The van der Waals surface area contributed by atoms with E-state index in [-0.39, 0.29) is 17.4 Å². The molecule has 0 aliphatic heterocycles. The Morgan fingerprint density at radius 1 is 1.56 bits per heavy atom. The molecule has 0 aliphatic carbocycles. The van der Waals surface area contributed by atoms with E-state index in [4.69, 9.17) is 10.2 Å². The second-order valence-corrected chi connectivity index (χ2v) is 3.38. The van der Waals surface area contributed by atoms with Crippen LogP contribution < -0.4 is 11.2 Å². The van der Waals surface area contributed by atoms with Crippen LogP contribution in [0, 0.1) is 0 Å². The highest BCUT2D eigenvalue weighted by atomic mass is 16.4. The fraction of sp³-hybridized carbons (Fsp3) is 0.300. The maximum Gasteiger partial charge on any atom is 0.253 e. The minimum absolute atomic E-state index is 0.168. The molecule has 6 heteroatoms. The number of pyridine rings is 1. The molecule has 0 spiro atoms. The van der Waals surface area contributed by atoms with Crippen molar-refractivity contribution in [1.82, 2.24) is 15.2 Å². The lowest BCUT2D eigenvalue weighted by atomic mass is 10.2. The van der Waals surface area contributed by atoms with Crippen molar-refractivity contribution in [2.24, 2.45) is 5.73 Å². The first-order valence-electron chi connectivity index (χ1n) is 4.98. The molecule has 16 heavy (non-hydrogen) atoms. The Labute approximate surface area is 91.5 Å². The van der Waals surface area contributed by atoms with Gasteiger partial charge in [0.2, 0.25) is 5.89 Å². The Balaban J connectivity index is 2.39. The summed E-state index contributed by atoms with van der Waals surface area (Å²) in [5, 5.41) is 7.61. The quantitative estimate of drug-likeness (QED) is 0.798. The van der Waals surface area contributed by atoms with Crippen LogP contribution in [-0.4, -0.2) is 15.2 Å². The zero-order valence-corrected chi connectivity index (χ0v) is 8.80. The van der Waals surface area contributed by atoms with Crippen LogP contribution in [0.4, 0.5) is 0 Å². The van der Waals surface area contributed by atoms with Crippen LogP contribution in [-0.2, 0) is 0 Å². The molecule has 1 unspecified atom stereocenters. The Bertz CT molecular complexity index is 531. The summed E-state index contributed by atoms with van der Waals surface area (Å²) in [5.41, 5.74) is 5.93. The van der Waals surface area contributed by atoms with E-state index in [1.807, 2.05) is 6.92 Å². The van der Waals surface area contributed by atoms with Gasteiger partial charge in [0.05, 0.1) is 6.04 Å². The minimum atomic E-state index is -0.288. The molecule has 0 saturated heterocycles. The molecule has 2 aromatic heterocycles. The van der Waals surface area contributed by atoms with Gasteiger partial charge in [0, 0.05) is 18.5 Å². The van der Waals surface area contributed by atoms with Crippen molar-refractivity contribution < 1.29 is 4.42 Å². The second kappa shape index (κ2) is 4.28. The SMILES string of the molecule is CCC(N)c1nnc(-c2c[nH]ccc2=O)o1. The lowest BCUT2D eigenvalue weighted by Gasteiger charge is -2.00. The molecule has 0 fully saturated rings. The summed E-state index contributed by atoms with van der Waals surface area (Å²) >= 11 is 0. The standard InChI is InChI=1S/C10H12N4O2/c1-2-7(11)10-14-13-9(16-10)6-5-12-4-3-8(6)15/h3-5,7H,2,11H2,1H3,(H,12,15). The minimum Gasteiger partial charge on any atom is -0.419 e. The Morgan fingerprint density at radius 2 is 2.38 bits per heavy atom. The molecule has 0 aromatic carbocycles. The van der Waals surface area contributed by atoms with Crippen molar-refractivity contribution in [2.75, 3.05) is 0 Å². The zero-order chi connectivity index (χ0) is 11.5. The van der Waals surface area contributed by atoms with E-state index in [1.165, 1.54) is 12.3 Å². The number of aromatic nitrogens is 3. The number of H-pyrrole nitrogens is 1. The highest BCUT2D eigenvalue weighted by Gasteiger charge is 2.15. The third-order valence-electron chi connectivity index (χ3n) is 2.25. The van der Waals surface area contributed by atoms with Crippen molar-refractivity contribution in [1.29, 1.82) is 0 Å². The topological polar surface area (TPSA) is 97.8 Å². The van der Waals surface area contributed by atoms with Gasteiger partial charge in [-0.3, -0.25) is 4.79 Å². The highest BCUT2D eigenvalue weighted by molar-refractivity contribution is 5.49. The number of hydrogen-bond donors (Lipinski definition) is 2. The first-order valence-corrected chi connectivity index (χ1v) is 4.98. The summed E-state index contributed by atoms with van der Waals surface area (Å²) in [6, 6.07) is 1.11. The third-order valence-corrected chi connectivity index (χ3v) is 2.25. The van der Waals surface area contributed by atoms with Gasteiger partial charge in [-0.1, -0.05) is 6.92 Å². The van der Waals surface area contributed by atoms with E-state index in [0.29, 0.717) is 17.9 Å². The van der Waals surface area contributed by atoms with Crippen LogP contribution in [0.3, 0.4) is 0 Å². The van der Waals surface area contributed by atoms with Crippen molar-refractivity contribution in [3.05, 3.63) is 34.6 Å². The molecule has 0 amide bonds. The van der Waals surface area contributed by atoms with Crippen molar-refractivity contribution >= 4 is 0 Å². The number of aromatic amines is 1. The fourth-order valence-electron chi connectivity index (χ4n) is 1.25. The largest absolute Gasteiger partial charge is 0.419 e. The van der Waals surface area contributed by atoms with E-state index in [9.17, 15) is 4.79 Å². The Kier molecular flexibility index (Phi) is 2.82. The third kappa shape index (κ3) is 1.87. The molecule has 0 aliphatic rings. The number of hydrogen-bond acceptors (Lipinski definition) is 5. The zero-order valence-electron chi connectivity index (χ0n) is 8.80. The monoisotopic (exact) mass is 220 g/mol. The normalized spacial score (nSPS) is 12.6. The summed E-state index contributed by atoms with van der Waals surface area (Å²) < 4.78 is 5.34. The van der Waals surface area contributed by atoms with E-state index >= 15 is 0 Å². The fourth-order valence-corrected chi connectivity index (χ4v) is 1.25. The first kappa shape index (κ1) is 10.6. The van der Waals surface area contributed by atoms with Crippen molar-refractivity contribution in [3.63, 3.8) is 0 Å². The van der Waals surface area contributed by atoms with Crippen LogP contribution in [0.25, 0.3) is 11.5 Å². The van der Waals surface area contributed by atoms with Gasteiger partial charge in [0.1, 0.15) is 5.56 Å². The molecule has 1 atom stereocenters. The van der Waals surface area contributed by atoms with Crippen LogP contribution in [0.1, 0.15) is 25.3 Å². The predicted molar refractivity (Wildman–Crippen MR) is 57.6 cm³/mol. The summed E-state index contributed by atoms with van der Waals surface area (Å²) in [5.74, 6) is 0.543. The van der Waals surface area contributed by atoms with E-state index in [2.05, 4.69) is 15.2 Å². The van der Waals surface area contributed by atoms with Crippen LogP contribution in [0.5, 0.6) is 0 Å². The molecule has 2 heterocycles. The molecule has 0 radical (unpaired) electrons. The summed E-state index contributed by atoms with van der Waals surface area (Å²) in [4.78, 5) is 14.3. The molecule has 0 saturated carbocycles.